The first kappa shape index (κ1) is 25.5. The van der Waals surface area contributed by atoms with Gasteiger partial charge in [0.2, 0.25) is 18.0 Å². The second-order valence-electron chi connectivity index (χ2n) is 7.52. The lowest BCUT2D eigenvalue weighted by atomic mass is 9.94. The van der Waals surface area contributed by atoms with E-state index >= 15 is 0 Å². The maximum atomic E-state index is 13.1. The molecule has 0 spiro atoms. The maximum Gasteiger partial charge on any atom is 0.352 e. The van der Waals surface area contributed by atoms with Crippen molar-refractivity contribution in [1.29, 1.82) is 0 Å². The molecule has 0 saturated carbocycles. The number of thioether (sulfide) groups is 2. The molecule has 1 fully saturated rings. The van der Waals surface area contributed by atoms with E-state index in [2.05, 4.69) is 15.6 Å². The van der Waals surface area contributed by atoms with Crippen molar-refractivity contribution in [1.82, 2.24) is 20.5 Å². The number of hydrogen-bond donors (Lipinski definition) is 5. The van der Waals surface area contributed by atoms with Crippen molar-refractivity contribution < 1.29 is 34.2 Å². The Labute approximate surface area is 202 Å². The third kappa shape index (κ3) is 5.18. The van der Waals surface area contributed by atoms with Crippen LogP contribution in [-0.4, -0.2) is 78.8 Å². The maximum absolute atomic E-state index is 13.1. The molecule has 3 rings (SSSR count). The Morgan fingerprint density at radius 3 is 2.68 bits per heavy atom. The van der Waals surface area contributed by atoms with Crippen molar-refractivity contribution in [2.75, 3.05) is 11.5 Å². The molecule has 14 heteroatoms. The summed E-state index contributed by atoms with van der Waals surface area (Å²) in [6, 6.07) is 2.46. The number of carboxylic acid groups (broad SMARTS) is 2. The molecule has 1 aromatic heterocycles. The molecule has 6 N–H and O–H groups in total. The van der Waals surface area contributed by atoms with Crippen molar-refractivity contribution in [2.24, 2.45) is 5.73 Å². The van der Waals surface area contributed by atoms with Crippen LogP contribution in [0.1, 0.15) is 19.3 Å². The lowest BCUT2D eigenvalue weighted by Crippen LogP contribution is -2.85. The number of carbonyl (C=O) groups excluding carboxylic acids is 3. The van der Waals surface area contributed by atoms with Crippen LogP contribution in [0, 0.1) is 0 Å². The predicted octanol–water partition coefficient (Wildman–Crippen LogP) is -0.432. The number of aromatic nitrogens is 1. The van der Waals surface area contributed by atoms with E-state index < -0.39 is 40.8 Å². The Balaban J connectivity index is 1.73. The molecule has 0 bridgehead atoms. The van der Waals surface area contributed by atoms with Gasteiger partial charge in [-0.2, -0.15) is 0 Å². The van der Waals surface area contributed by atoms with Gasteiger partial charge in [0.1, 0.15) is 17.1 Å². The van der Waals surface area contributed by atoms with Gasteiger partial charge in [0.05, 0.1) is 0 Å². The molecule has 2 aliphatic rings. The van der Waals surface area contributed by atoms with Crippen LogP contribution in [0.15, 0.2) is 40.7 Å². The van der Waals surface area contributed by atoms with Gasteiger partial charge >= 0.3 is 11.9 Å². The average Bonchev–Trinajstić information content (AvgIpc) is 2.81. The van der Waals surface area contributed by atoms with E-state index in [0.29, 0.717) is 11.3 Å². The molecule has 34 heavy (non-hydrogen) atoms. The van der Waals surface area contributed by atoms with Crippen LogP contribution in [-0.2, 0) is 24.0 Å². The van der Waals surface area contributed by atoms with Gasteiger partial charge in [0.15, 0.2) is 0 Å². The molecule has 182 valence electrons. The van der Waals surface area contributed by atoms with Gasteiger partial charge in [-0.15, -0.1) is 23.5 Å². The van der Waals surface area contributed by atoms with E-state index in [9.17, 15) is 29.1 Å². The first-order chi connectivity index (χ1) is 16.2. The summed E-state index contributed by atoms with van der Waals surface area (Å²) in [6.45, 7) is 0. The fraction of sp³-hybridized carbons (Fsp3) is 0.400. The molecule has 2 aliphatic heterocycles. The fourth-order valence-electron chi connectivity index (χ4n) is 3.60. The average molecular weight is 510 g/mol. The van der Waals surface area contributed by atoms with E-state index in [1.54, 1.807) is 24.5 Å². The standard InChI is InChI=1S/C20H23N5O7S2/c21-13(16(28)29)2-1-3-14(27)24-20(23-10-26)18(32)25-15(17(30)31)11(9-34-19(20)25)8-33-12-4-6-22-7-5-12/h4-7,10,13,19H,1-3,8-9,21H2,(H,23,26)(H,24,27)(H,28,29)(H,30,31)/t13?,19-,20?/m1/s1. The first-order valence-electron chi connectivity index (χ1n) is 10.2. The van der Waals surface area contributed by atoms with Crippen molar-refractivity contribution in [3.63, 3.8) is 0 Å². The molecular weight excluding hydrogens is 486 g/mol. The number of carboxylic acids is 2. The summed E-state index contributed by atoms with van der Waals surface area (Å²) in [5.74, 6) is -3.22. The zero-order chi connectivity index (χ0) is 24.9. The van der Waals surface area contributed by atoms with Gasteiger partial charge in [-0.3, -0.25) is 29.1 Å². The minimum absolute atomic E-state index is 0.0551. The quantitative estimate of drug-likeness (QED) is 0.106. The van der Waals surface area contributed by atoms with Crippen LogP contribution in [0.25, 0.3) is 0 Å². The number of β-lactam (4-membered cyclic amide) rings is 1. The van der Waals surface area contributed by atoms with Crippen LogP contribution in [0.5, 0.6) is 0 Å². The van der Waals surface area contributed by atoms with Crippen molar-refractivity contribution in [2.45, 2.75) is 41.2 Å². The number of carbonyl (C=O) groups is 5. The minimum Gasteiger partial charge on any atom is -0.480 e. The highest BCUT2D eigenvalue weighted by molar-refractivity contribution is 8.01. The van der Waals surface area contributed by atoms with Gasteiger partial charge in [-0.25, -0.2) is 4.79 Å². The van der Waals surface area contributed by atoms with Crippen molar-refractivity contribution in [3.05, 3.63) is 35.8 Å². The van der Waals surface area contributed by atoms with E-state index in [1.807, 2.05) is 0 Å². The summed E-state index contributed by atoms with van der Waals surface area (Å²) in [7, 11) is 0. The summed E-state index contributed by atoms with van der Waals surface area (Å²) in [5, 5.41) is 22.7. The van der Waals surface area contributed by atoms with Crippen LogP contribution in [0.2, 0.25) is 0 Å². The highest BCUT2D eigenvalue weighted by atomic mass is 32.2. The van der Waals surface area contributed by atoms with E-state index in [-0.39, 0.29) is 37.1 Å². The Bertz CT molecular complexity index is 1020. The largest absolute Gasteiger partial charge is 0.480 e. The number of fused-ring (bicyclic) bond motifs is 1. The van der Waals surface area contributed by atoms with Gasteiger partial charge in [0, 0.05) is 35.2 Å². The molecule has 1 saturated heterocycles. The molecule has 2 unspecified atom stereocenters. The molecule has 0 aliphatic carbocycles. The Morgan fingerprint density at radius 2 is 2.06 bits per heavy atom. The third-order valence-corrected chi connectivity index (χ3v) is 7.77. The topological polar surface area (TPSA) is 192 Å². The Kier molecular flexibility index (Phi) is 8.17. The zero-order valence-corrected chi connectivity index (χ0v) is 19.4. The SMILES string of the molecule is NC(CCCC(=O)NC1(NC=O)C(=O)N2C(C(=O)O)=C(CSc3ccncc3)CS[C@@H]21)C(=O)O. The summed E-state index contributed by atoms with van der Waals surface area (Å²) in [4.78, 5) is 65.6. The third-order valence-electron chi connectivity index (χ3n) is 5.28. The van der Waals surface area contributed by atoms with E-state index in [1.165, 1.54) is 23.5 Å². The summed E-state index contributed by atoms with van der Waals surface area (Å²) < 4.78 is 0. The molecule has 3 amide bonds. The number of hydrogen-bond acceptors (Lipinski definition) is 9. The lowest BCUT2D eigenvalue weighted by Gasteiger charge is -2.56. The Hall–Kier alpha value is -3.10. The second-order valence-corrected chi connectivity index (χ2v) is 9.64. The van der Waals surface area contributed by atoms with Crippen molar-refractivity contribution >= 4 is 53.7 Å². The number of nitrogens with zero attached hydrogens (tertiary/aromatic N) is 2. The van der Waals surface area contributed by atoms with E-state index in [4.69, 9.17) is 10.8 Å². The molecule has 3 atom stereocenters. The Morgan fingerprint density at radius 1 is 1.35 bits per heavy atom. The molecule has 12 nitrogen and oxygen atoms in total. The fourth-order valence-corrected chi connectivity index (χ4v) is 6.05. The molecule has 0 radical (unpaired) electrons. The summed E-state index contributed by atoms with van der Waals surface area (Å²) in [5.41, 5.74) is 4.01. The highest BCUT2D eigenvalue weighted by Gasteiger charge is 2.65. The van der Waals surface area contributed by atoms with Gasteiger partial charge in [-0.05, 0) is 30.5 Å². The normalized spacial score (nSPS) is 22.3. The van der Waals surface area contributed by atoms with Crippen LogP contribution >= 0.6 is 23.5 Å². The number of amides is 3. The van der Waals surface area contributed by atoms with Gasteiger partial charge < -0.3 is 26.6 Å². The van der Waals surface area contributed by atoms with Crippen LogP contribution in [0.3, 0.4) is 0 Å². The predicted molar refractivity (Wildman–Crippen MR) is 122 cm³/mol. The van der Waals surface area contributed by atoms with Crippen LogP contribution in [0.4, 0.5) is 0 Å². The van der Waals surface area contributed by atoms with Crippen molar-refractivity contribution in [3.8, 4) is 0 Å². The minimum atomic E-state index is -1.79. The second kappa shape index (κ2) is 10.9. The number of nitrogens with one attached hydrogen (secondary N) is 2. The van der Waals surface area contributed by atoms with Gasteiger partial charge in [0.25, 0.3) is 5.91 Å². The summed E-state index contributed by atoms with van der Waals surface area (Å²) >= 11 is 2.63. The summed E-state index contributed by atoms with van der Waals surface area (Å²) in [6.07, 6.45) is 3.61. The number of aliphatic carboxylic acids is 2. The monoisotopic (exact) mass is 509 g/mol. The first-order valence-corrected chi connectivity index (χ1v) is 12.2. The van der Waals surface area contributed by atoms with Crippen LogP contribution < -0.4 is 16.4 Å². The van der Waals surface area contributed by atoms with Gasteiger partial charge in [-0.1, -0.05) is 0 Å². The molecule has 3 heterocycles. The lowest BCUT2D eigenvalue weighted by molar-refractivity contribution is -0.162. The molecule has 0 aromatic carbocycles. The smallest absolute Gasteiger partial charge is 0.352 e. The number of nitrogens with two attached hydrogens (primary N) is 1. The number of rotatable bonds is 12. The molecule has 1 aromatic rings. The zero-order valence-electron chi connectivity index (χ0n) is 17.8. The number of pyridine rings is 1. The van der Waals surface area contributed by atoms with E-state index in [0.717, 1.165) is 9.80 Å². The molecular formula is C20H23N5O7S2. The highest BCUT2D eigenvalue weighted by Crippen LogP contribution is 2.45.